The second-order valence-corrected chi connectivity index (χ2v) is 7.39. The summed E-state index contributed by atoms with van der Waals surface area (Å²) in [6, 6.07) is 8.23. The number of methoxy groups -OCH3 is 1. The minimum Gasteiger partial charge on any atom is -0.383 e. The van der Waals surface area contributed by atoms with E-state index in [1.807, 2.05) is 19.9 Å². The van der Waals surface area contributed by atoms with Gasteiger partial charge in [0, 0.05) is 25.4 Å². The number of rotatable bonds is 6. The maximum absolute atomic E-state index is 14.5. The Bertz CT molecular complexity index is 1390. The first-order chi connectivity index (χ1) is 14.8. The molecule has 0 radical (unpaired) electrons. The fourth-order valence-electron chi connectivity index (χ4n) is 3.68. The summed E-state index contributed by atoms with van der Waals surface area (Å²) in [6.07, 6.45) is 0. The molecule has 0 saturated heterocycles. The second-order valence-electron chi connectivity index (χ2n) is 7.39. The summed E-state index contributed by atoms with van der Waals surface area (Å²) in [5.41, 5.74) is 1.37. The van der Waals surface area contributed by atoms with Crippen LogP contribution in [-0.4, -0.2) is 42.2 Å². The van der Waals surface area contributed by atoms with Gasteiger partial charge >= 0.3 is 5.69 Å². The number of aromatic nitrogens is 6. The summed E-state index contributed by atoms with van der Waals surface area (Å²) in [7, 11) is 3.05. The van der Waals surface area contributed by atoms with E-state index in [0.717, 1.165) is 16.0 Å². The Kier molecular flexibility index (Phi) is 5.32. The van der Waals surface area contributed by atoms with Crippen LogP contribution in [0, 0.1) is 19.7 Å². The van der Waals surface area contributed by atoms with Crippen LogP contribution in [0.5, 0.6) is 0 Å². The molecule has 0 N–H and O–H groups in total. The molecule has 0 aliphatic heterocycles. The zero-order chi connectivity index (χ0) is 22.3. The molecule has 0 unspecified atom stereocenters. The molecule has 0 saturated carbocycles. The number of ether oxygens (including phenoxy) is 1. The number of nitrogens with zero attached hydrogens (tertiary/aromatic N) is 6. The van der Waals surface area contributed by atoms with E-state index in [2.05, 4.69) is 10.1 Å². The third-order valence-electron chi connectivity index (χ3n) is 5.22. The molecule has 0 aliphatic rings. The van der Waals surface area contributed by atoms with Gasteiger partial charge in [-0.2, -0.15) is 10.1 Å². The van der Waals surface area contributed by atoms with Gasteiger partial charge in [0.25, 0.3) is 5.56 Å². The van der Waals surface area contributed by atoms with Crippen LogP contribution in [0.25, 0.3) is 17.1 Å². The molecule has 9 nitrogen and oxygen atoms in total. The van der Waals surface area contributed by atoms with Crippen molar-refractivity contribution in [2.24, 2.45) is 7.05 Å². The third kappa shape index (κ3) is 3.48. The fraction of sp³-hybridized carbons (Fsp3) is 0.333. The van der Waals surface area contributed by atoms with Crippen LogP contribution in [0.15, 0.2) is 39.9 Å². The number of fused-ring (bicyclic) bond motifs is 1. The van der Waals surface area contributed by atoms with Gasteiger partial charge in [-0.15, -0.1) is 0 Å². The lowest BCUT2D eigenvalue weighted by Gasteiger charge is -2.12. The SMILES string of the molecule is COCCn1c(=O)c2c(nc(-n3nc(C)cc3C)n2Cc2ccccc2F)n(C)c1=O. The van der Waals surface area contributed by atoms with Gasteiger partial charge in [0.1, 0.15) is 5.82 Å². The lowest BCUT2D eigenvalue weighted by molar-refractivity contribution is 0.184. The number of hydrogen-bond acceptors (Lipinski definition) is 5. The molecule has 1 aromatic carbocycles. The van der Waals surface area contributed by atoms with Gasteiger partial charge in [-0.05, 0) is 26.0 Å². The number of halogens is 1. The number of hydrogen-bond donors (Lipinski definition) is 0. The quantitative estimate of drug-likeness (QED) is 0.467. The molecular formula is C21H23FN6O3. The van der Waals surface area contributed by atoms with E-state index in [1.165, 1.54) is 17.7 Å². The molecule has 31 heavy (non-hydrogen) atoms. The van der Waals surface area contributed by atoms with E-state index in [-0.39, 0.29) is 30.9 Å². The number of aryl methyl sites for hydroxylation is 3. The van der Waals surface area contributed by atoms with Crippen LogP contribution in [0.1, 0.15) is 17.0 Å². The molecule has 0 fully saturated rings. The van der Waals surface area contributed by atoms with Crippen LogP contribution >= 0.6 is 0 Å². The van der Waals surface area contributed by atoms with Gasteiger partial charge in [0.15, 0.2) is 11.2 Å². The first-order valence-corrected chi connectivity index (χ1v) is 9.79. The van der Waals surface area contributed by atoms with Crippen molar-refractivity contribution in [3.05, 3.63) is 73.9 Å². The van der Waals surface area contributed by atoms with Crippen molar-refractivity contribution in [3.63, 3.8) is 0 Å². The predicted molar refractivity (Wildman–Crippen MR) is 113 cm³/mol. The normalized spacial score (nSPS) is 11.5. The molecule has 0 bridgehead atoms. The van der Waals surface area contributed by atoms with E-state index in [4.69, 9.17) is 4.74 Å². The Balaban J connectivity index is 2.07. The Morgan fingerprint density at radius 2 is 1.87 bits per heavy atom. The summed E-state index contributed by atoms with van der Waals surface area (Å²) in [4.78, 5) is 30.7. The van der Waals surface area contributed by atoms with Crippen LogP contribution in [0.2, 0.25) is 0 Å². The molecule has 0 aliphatic carbocycles. The Hall–Kier alpha value is -3.53. The molecule has 0 amide bonds. The molecule has 162 valence electrons. The highest BCUT2D eigenvalue weighted by Gasteiger charge is 2.23. The lowest BCUT2D eigenvalue weighted by atomic mass is 10.2. The van der Waals surface area contributed by atoms with Crippen LogP contribution in [0.4, 0.5) is 4.39 Å². The molecular weight excluding hydrogens is 403 g/mol. The van der Waals surface area contributed by atoms with Crippen molar-refractivity contribution in [2.45, 2.75) is 26.9 Å². The van der Waals surface area contributed by atoms with Gasteiger partial charge in [-0.1, -0.05) is 18.2 Å². The van der Waals surface area contributed by atoms with Crippen molar-refractivity contribution in [1.82, 2.24) is 28.5 Å². The van der Waals surface area contributed by atoms with Crippen LogP contribution in [0.3, 0.4) is 0 Å². The molecule has 4 rings (SSSR count). The van der Waals surface area contributed by atoms with E-state index >= 15 is 0 Å². The van der Waals surface area contributed by atoms with Gasteiger partial charge in [0.2, 0.25) is 5.95 Å². The maximum Gasteiger partial charge on any atom is 0.332 e. The summed E-state index contributed by atoms with van der Waals surface area (Å²) in [5.74, 6) is -0.0614. The Labute approximate surface area is 176 Å². The van der Waals surface area contributed by atoms with E-state index in [9.17, 15) is 14.0 Å². The highest BCUT2D eigenvalue weighted by atomic mass is 19.1. The summed E-state index contributed by atoms with van der Waals surface area (Å²) in [6.45, 7) is 4.06. The van der Waals surface area contributed by atoms with Gasteiger partial charge in [0.05, 0.1) is 25.4 Å². The molecule has 3 aromatic heterocycles. The van der Waals surface area contributed by atoms with Crippen LogP contribution in [-0.2, 0) is 24.9 Å². The fourth-order valence-corrected chi connectivity index (χ4v) is 3.68. The van der Waals surface area contributed by atoms with Gasteiger partial charge in [-0.3, -0.25) is 18.5 Å². The van der Waals surface area contributed by atoms with E-state index in [1.54, 1.807) is 34.5 Å². The average Bonchev–Trinajstić information content (AvgIpc) is 3.27. The highest BCUT2D eigenvalue weighted by molar-refractivity contribution is 5.73. The zero-order valence-electron chi connectivity index (χ0n) is 17.8. The largest absolute Gasteiger partial charge is 0.383 e. The zero-order valence-corrected chi connectivity index (χ0v) is 17.8. The first-order valence-electron chi connectivity index (χ1n) is 9.79. The van der Waals surface area contributed by atoms with Gasteiger partial charge < -0.3 is 4.74 Å². The van der Waals surface area contributed by atoms with Crippen molar-refractivity contribution in [1.29, 1.82) is 0 Å². The van der Waals surface area contributed by atoms with E-state index in [0.29, 0.717) is 11.5 Å². The summed E-state index contributed by atoms with van der Waals surface area (Å²) in [5, 5.41) is 4.48. The molecule has 0 spiro atoms. The summed E-state index contributed by atoms with van der Waals surface area (Å²) >= 11 is 0. The third-order valence-corrected chi connectivity index (χ3v) is 5.22. The minimum atomic E-state index is -0.508. The van der Waals surface area contributed by atoms with E-state index < -0.39 is 17.1 Å². The second kappa shape index (κ2) is 7.95. The van der Waals surface area contributed by atoms with Crippen LogP contribution < -0.4 is 11.2 Å². The number of imidazole rings is 1. The maximum atomic E-state index is 14.5. The molecule has 4 aromatic rings. The topological polar surface area (TPSA) is 88.9 Å². The monoisotopic (exact) mass is 426 g/mol. The highest BCUT2D eigenvalue weighted by Crippen LogP contribution is 2.20. The standard InChI is InChI=1S/C21H23FN6O3/c1-13-11-14(2)28(24-13)20-23-18-17(27(20)12-15-7-5-6-8-16(15)22)19(29)26(9-10-31-4)21(30)25(18)3/h5-8,11H,9-10,12H2,1-4H3. The minimum absolute atomic E-state index is 0.0502. The van der Waals surface area contributed by atoms with Gasteiger partial charge in [-0.25, -0.2) is 13.9 Å². The number of benzene rings is 1. The summed E-state index contributed by atoms with van der Waals surface area (Å²) < 4.78 is 25.2. The van der Waals surface area contributed by atoms with Crippen molar-refractivity contribution in [3.8, 4) is 5.95 Å². The molecule has 0 atom stereocenters. The van der Waals surface area contributed by atoms with Crippen molar-refractivity contribution in [2.75, 3.05) is 13.7 Å². The van der Waals surface area contributed by atoms with Crippen molar-refractivity contribution < 1.29 is 9.13 Å². The predicted octanol–water partition coefficient (Wildman–Crippen LogP) is 1.53. The first kappa shape index (κ1) is 20.7. The smallest absolute Gasteiger partial charge is 0.332 e. The molecule has 10 heteroatoms. The average molecular weight is 426 g/mol. The lowest BCUT2D eigenvalue weighted by Crippen LogP contribution is -2.40. The molecule has 3 heterocycles. The Morgan fingerprint density at radius 1 is 1.13 bits per heavy atom. The van der Waals surface area contributed by atoms with Crippen molar-refractivity contribution >= 4 is 11.2 Å². The Morgan fingerprint density at radius 3 is 2.52 bits per heavy atom.